The van der Waals surface area contributed by atoms with Crippen molar-refractivity contribution in [2.45, 2.75) is 26.4 Å². The van der Waals surface area contributed by atoms with Gasteiger partial charge in [0.25, 0.3) is 11.7 Å². The zero-order chi connectivity index (χ0) is 24.6. The molecule has 1 heterocycles. The zero-order valence-corrected chi connectivity index (χ0v) is 19.7. The fraction of sp³-hybridized carbons (Fsp3) is 0.185. The lowest BCUT2D eigenvalue weighted by Gasteiger charge is -2.26. The van der Waals surface area contributed by atoms with E-state index in [4.69, 9.17) is 16.3 Å². The van der Waals surface area contributed by atoms with E-state index in [1.54, 1.807) is 37.3 Å². The number of aryl methyl sites for hydroxylation is 2. The van der Waals surface area contributed by atoms with Crippen molar-refractivity contribution in [2.24, 2.45) is 0 Å². The van der Waals surface area contributed by atoms with Gasteiger partial charge >= 0.3 is 0 Å². The predicted molar refractivity (Wildman–Crippen MR) is 128 cm³/mol. The Bertz CT molecular complexity index is 1320. The number of Topliss-reactive ketones (excluding diaryl/α,β-unsaturated/α-hetero) is 1. The van der Waals surface area contributed by atoms with Gasteiger partial charge in [-0.15, -0.1) is 0 Å². The molecule has 0 aliphatic carbocycles. The predicted octanol–water partition coefficient (Wildman–Crippen LogP) is 5.73. The number of likely N-dealkylation sites (tertiary alicyclic amines) is 1. The van der Waals surface area contributed by atoms with E-state index in [1.807, 2.05) is 25.1 Å². The second-order valence-electron chi connectivity index (χ2n) is 8.30. The van der Waals surface area contributed by atoms with Crippen LogP contribution < -0.4 is 4.74 Å². The van der Waals surface area contributed by atoms with Crippen LogP contribution >= 0.6 is 11.6 Å². The Kier molecular flexibility index (Phi) is 6.44. The van der Waals surface area contributed by atoms with Gasteiger partial charge in [0.15, 0.2) is 0 Å². The molecule has 0 saturated carbocycles. The Labute approximate surface area is 202 Å². The lowest BCUT2D eigenvalue weighted by atomic mass is 9.93. The molecule has 0 aromatic heterocycles. The number of aliphatic hydroxyl groups excluding tert-OH is 1. The average Bonchev–Trinajstić information content (AvgIpc) is 3.04. The van der Waals surface area contributed by atoms with Crippen molar-refractivity contribution in [3.8, 4) is 5.75 Å². The van der Waals surface area contributed by atoms with E-state index in [0.717, 1.165) is 11.1 Å². The van der Waals surface area contributed by atoms with Crippen LogP contribution in [0.25, 0.3) is 5.76 Å². The van der Waals surface area contributed by atoms with E-state index in [1.165, 1.54) is 24.1 Å². The molecule has 0 radical (unpaired) electrons. The number of halogens is 2. The van der Waals surface area contributed by atoms with Gasteiger partial charge < -0.3 is 14.7 Å². The number of hydrogen-bond donors (Lipinski definition) is 1. The van der Waals surface area contributed by atoms with E-state index < -0.39 is 23.5 Å². The van der Waals surface area contributed by atoms with Crippen LogP contribution in [0.1, 0.15) is 33.9 Å². The van der Waals surface area contributed by atoms with Crippen molar-refractivity contribution in [1.29, 1.82) is 0 Å². The van der Waals surface area contributed by atoms with Gasteiger partial charge in [0.2, 0.25) is 0 Å². The molecule has 5 nitrogen and oxygen atoms in total. The summed E-state index contributed by atoms with van der Waals surface area (Å²) in [5.74, 6) is -2.13. The molecule has 3 aromatic carbocycles. The van der Waals surface area contributed by atoms with E-state index in [2.05, 4.69) is 0 Å². The van der Waals surface area contributed by atoms with Gasteiger partial charge in [0.05, 0.1) is 29.3 Å². The van der Waals surface area contributed by atoms with Crippen molar-refractivity contribution >= 4 is 29.1 Å². The summed E-state index contributed by atoms with van der Waals surface area (Å²) >= 11 is 6.32. The van der Waals surface area contributed by atoms with Crippen LogP contribution in [0.4, 0.5) is 4.39 Å². The van der Waals surface area contributed by atoms with E-state index in [9.17, 15) is 19.1 Å². The molecule has 1 aliphatic heterocycles. The van der Waals surface area contributed by atoms with Crippen LogP contribution in [0.2, 0.25) is 5.02 Å². The monoisotopic (exact) mass is 479 g/mol. The first kappa shape index (κ1) is 23.5. The van der Waals surface area contributed by atoms with Crippen LogP contribution in [-0.4, -0.2) is 28.8 Å². The van der Waals surface area contributed by atoms with E-state index in [0.29, 0.717) is 11.1 Å². The van der Waals surface area contributed by atoms with Gasteiger partial charge in [0.1, 0.15) is 17.3 Å². The molecule has 1 N–H and O–H groups in total. The standard InChI is InChI=1S/C27H23ClFNO4/c1-15-5-4-6-18(11-15)23-22(24(31)20-12-16(2)13-21(28)26(20)34-3)25(32)27(33)30(23)14-17-7-9-19(29)10-8-17/h4-13,23,31H,14H2,1-3H3/b24-22+. The lowest BCUT2D eigenvalue weighted by Crippen LogP contribution is -2.29. The number of ketones is 1. The summed E-state index contributed by atoms with van der Waals surface area (Å²) in [6, 6.07) is 15.6. The number of nitrogens with zero attached hydrogens (tertiary/aromatic N) is 1. The number of hydrogen-bond acceptors (Lipinski definition) is 4. The lowest BCUT2D eigenvalue weighted by molar-refractivity contribution is -0.140. The first-order chi connectivity index (χ1) is 16.2. The molecule has 1 amide bonds. The second-order valence-corrected chi connectivity index (χ2v) is 8.70. The maximum atomic E-state index is 13.4. The number of ether oxygens (including phenoxy) is 1. The molecule has 3 aromatic rings. The molecule has 1 unspecified atom stereocenters. The molecular weight excluding hydrogens is 457 g/mol. The molecule has 174 valence electrons. The summed E-state index contributed by atoms with van der Waals surface area (Å²) in [6.07, 6.45) is 0. The molecule has 1 saturated heterocycles. The molecule has 34 heavy (non-hydrogen) atoms. The topological polar surface area (TPSA) is 66.8 Å². The van der Waals surface area contributed by atoms with Crippen LogP contribution in [0.5, 0.6) is 5.75 Å². The summed E-state index contributed by atoms with van der Waals surface area (Å²) in [5.41, 5.74) is 3.17. The number of carbonyl (C=O) groups is 2. The number of aliphatic hydroxyl groups is 1. The second kappa shape index (κ2) is 9.31. The van der Waals surface area contributed by atoms with Crippen molar-refractivity contribution in [3.63, 3.8) is 0 Å². The zero-order valence-electron chi connectivity index (χ0n) is 18.9. The minimum atomic E-state index is -0.853. The normalized spacial score (nSPS) is 17.3. The Balaban J connectivity index is 1.93. The molecule has 7 heteroatoms. The highest BCUT2D eigenvalue weighted by atomic mass is 35.5. The number of rotatable bonds is 5. The van der Waals surface area contributed by atoms with Crippen molar-refractivity contribution in [2.75, 3.05) is 7.11 Å². The minimum absolute atomic E-state index is 0.0577. The number of amides is 1. The van der Waals surface area contributed by atoms with E-state index >= 15 is 0 Å². The van der Waals surface area contributed by atoms with Crippen molar-refractivity contribution in [3.05, 3.63) is 105 Å². The van der Waals surface area contributed by atoms with Crippen molar-refractivity contribution < 1.29 is 23.8 Å². The Morgan fingerprint density at radius 3 is 2.41 bits per heavy atom. The Morgan fingerprint density at radius 1 is 1.06 bits per heavy atom. The number of carbonyl (C=O) groups excluding carboxylic acids is 2. The maximum absolute atomic E-state index is 13.4. The molecule has 0 bridgehead atoms. The highest BCUT2D eigenvalue weighted by Crippen LogP contribution is 2.43. The van der Waals surface area contributed by atoms with Crippen LogP contribution in [0.15, 0.2) is 66.2 Å². The number of benzene rings is 3. The molecule has 1 fully saturated rings. The smallest absolute Gasteiger partial charge is 0.295 e. The molecule has 0 spiro atoms. The fourth-order valence-corrected chi connectivity index (χ4v) is 4.62. The average molecular weight is 480 g/mol. The van der Waals surface area contributed by atoms with E-state index in [-0.39, 0.29) is 34.2 Å². The summed E-state index contributed by atoms with van der Waals surface area (Å²) in [4.78, 5) is 27.8. The number of methoxy groups -OCH3 is 1. The third kappa shape index (κ3) is 4.29. The first-order valence-electron chi connectivity index (χ1n) is 10.6. The summed E-state index contributed by atoms with van der Waals surface area (Å²) < 4.78 is 18.8. The van der Waals surface area contributed by atoms with Crippen LogP contribution in [0.3, 0.4) is 0 Å². The van der Waals surface area contributed by atoms with Gasteiger partial charge in [-0.25, -0.2) is 4.39 Å². The molecule has 1 atom stereocenters. The largest absolute Gasteiger partial charge is 0.507 e. The van der Waals surface area contributed by atoms with Crippen LogP contribution in [-0.2, 0) is 16.1 Å². The Hall–Kier alpha value is -3.64. The van der Waals surface area contributed by atoms with Gasteiger partial charge in [-0.1, -0.05) is 53.6 Å². The molecular formula is C27H23ClFNO4. The maximum Gasteiger partial charge on any atom is 0.295 e. The molecule has 1 aliphatic rings. The van der Waals surface area contributed by atoms with Gasteiger partial charge in [0, 0.05) is 6.54 Å². The SMILES string of the molecule is COc1c(Cl)cc(C)cc1/C(O)=C1\C(=O)C(=O)N(Cc2ccc(F)cc2)C1c1cccc(C)c1. The van der Waals surface area contributed by atoms with Gasteiger partial charge in [-0.05, 0) is 54.8 Å². The third-order valence-electron chi connectivity index (χ3n) is 5.81. The first-order valence-corrected chi connectivity index (χ1v) is 11.0. The van der Waals surface area contributed by atoms with Gasteiger partial charge in [-0.3, -0.25) is 9.59 Å². The summed E-state index contributed by atoms with van der Waals surface area (Å²) in [5, 5.41) is 11.7. The third-order valence-corrected chi connectivity index (χ3v) is 6.09. The highest BCUT2D eigenvalue weighted by Gasteiger charge is 2.46. The summed E-state index contributed by atoms with van der Waals surface area (Å²) in [6.45, 7) is 3.76. The molecule has 4 rings (SSSR count). The minimum Gasteiger partial charge on any atom is -0.507 e. The quantitative estimate of drug-likeness (QED) is 0.288. The highest BCUT2D eigenvalue weighted by molar-refractivity contribution is 6.46. The van der Waals surface area contributed by atoms with Crippen LogP contribution in [0, 0.1) is 19.7 Å². The van der Waals surface area contributed by atoms with Crippen molar-refractivity contribution in [1.82, 2.24) is 4.90 Å². The summed E-state index contributed by atoms with van der Waals surface area (Å²) in [7, 11) is 1.42. The fourth-order valence-electron chi connectivity index (χ4n) is 4.27. The Morgan fingerprint density at radius 2 is 1.76 bits per heavy atom. The van der Waals surface area contributed by atoms with Gasteiger partial charge in [-0.2, -0.15) is 0 Å².